The van der Waals surface area contributed by atoms with Gasteiger partial charge in [-0.1, -0.05) is 12.5 Å². The molecule has 5 heteroatoms. The molecular weight excluding hydrogens is 250 g/mol. The van der Waals surface area contributed by atoms with E-state index in [1.165, 1.54) is 24.8 Å². The molecule has 5 nitrogen and oxygen atoms in total. The van der Waals surface area contributed by atoms with E-state index in [2.05, 4.69) is 20.8 Å². The topological polar surface area (TPSA) is 68.2 Å². The lowest BCUT2D eigenvalue weighted by Gasteiger charge is -2.23. The maximum Gasteiger partial charge on any atom is 0.150 e. The van der Waals surface area contributed by atoms with Gasteiger partial charge in [-0.3, -0.25) is 4.40 Å². The van der Waals surface area contributed by atoms with Crippen LogP contribution in [0.3, 0.4) is 0 Å². The monoisotopic (exact) mass is 269 g/mol. The molecule has 1 fully saturated rings. The van der Waals surface area contributed by atoms with Gasteiger partial charge in [0.05, 0.1) is 5.69 Å². The van der Waals surface area contributed by atoms with Gasteiger partial charge in [0.1, 0.15) is 17.2 Å². The second-order valence-electron chi connectivity index (χ2n) is 5.66. The first-order valence-corrected chi connectivity index (χ1v) is 7.37. The first kappa shape index (κ1) is 11.9. The van der Waals surface area contributed by atoms with Crippen molar-refractivity contribution < 1.29 is 0 Å². The van der Waals surface area contributed by atoms with Crippen molar-refractivity contribution in [1.29, 1.82) is 0 Å². The molecule has 2 aliphatic rings. The largest absolute Gasteiger partial charge is 0.382 e. The maximum absolute atomic E-state index is 6.12. The van der Waals surface area contributed by atoms with Crippen molar-refractivity contribution >= 4 is 16.9 Å². The van der Waals surface area contributed by atoms with Gasteiger partial charge in [0, 0.05) is 24.9 Å². The summed E-state index contributed by atoms with van der Waals surface area (Å²) in [7, 11) is 0. The summed E-state index contributed by atoms with van der Waals surface area (Å²) in [6, 6.07) is 0. The quantitative estimate of drug-likeness (QED) is 0.874. The average Bonchev–Trinajstić information content (AvgIpc) is 2.79. The summed E-state index contributed by atoms with van der Waals surface area (Å²) in [4.78, 5) is 9.20. The summed E-state index contributed by atoms with van der Waals surface area (Å²) >= 11 is 0. The Labute approximate surface area is 117 Å². The molecule has 0 amide bonds. The third-order valence-electron chi connectivity index (χ3n) is 4.45. The third-order valence-corrected chi connectivity index (χ3v) is 4.45. The molecule has 1 aliphatic heterocycles. The Balaban J connectivity index is 1.93. The highest BCUT2D eigenvalue weighted by Gasteiger charge is 2.27. The highest BCUT2D eigenvalue weighted by atomic mass is 15.1. The van der Waals surface area contributed by atoms with Gasteiger partial charge in [-0.05, 0) is 31.4 Å². The van der Waals surface area contributed by atoms with Crippen molar-refractivity contribution in [2.75, 3.05) is 18.8 Å². The maximum atomic E-state index is 6.12. The highest BCUT2D eigenvalue weighted by molar-refractivity contribution is 5.83. The number of hydrogen-bond donors (Lipinski definition) is 2. The number of rotatable bonds is 2. The van der Waals surface area contributed by atoms with Crippen molar-refractivity contribution in [2.24, 2.45) is 0 Å². The Morgan fingerprint density at radius 1 is 1.35 bits per heavy atom. The molecule has 104 valence electrons. The molecule has 0 atom stereocenters. The number of nitrogen functional groups attached to an aromatic ring is 1. The molecule has 0 spiro atoms. The summed E-state index contributed by atoms with van der Waals surface area (Å²) in [5.74, 6) is 2.33. The standard InChI is InChI=1S/C15H19N5/c16-14-13-12(10-4-6-17-7-5-10)19-15(11-2-1-3-11)20(13)9-8-18-14/h4,8-9,11,17H,1-3,5-7H2,(H2,16,18). The molecule has 0 radical (unpaired) electrons. The molecule has 0 unspecified atom stereocenters. The van der Waals surface area contributed by atoms with E-state index in [-0.39, 0.29) is 0 Å². The molecule has 3 heterocycles. The number of fused-ring (bicyclic) bond motifs is 1. The molecule has 4 rings (SSSR count). The van der Waals surface area contributed by atoms with Gasteiger partial charge in [0.15, 0.2) is 0 Å². The first-order valence-electron chi connectivity index (χ1n) is 7.37. The fourth-order valence-corrected chi connectivity index (χ4v) is 3.10. The van der Waals surface area contributed by atoms with Crippen LogP contribution in [0, 0.1) is 0 Å². The van der Waals surface area contributed by atoms with Crippen LogP contribution in [0.25, 0.3) is 11.1 Å². The Morgan fingerprint density at radius 2 is 2.25 bits per heavy atom. The molecule has 0 bridgehead atoms. The van der Waals surface area contributed by atoms with Gasteiger partial charge < -0.3 is 11.1 Å². The van der Waals surface area contributed by atoms with Crippen LogP contribution in [-0.4, -0.2) is 27.5 Å². The van der Waals surface area contributed by atoms with E-state index >= 15 is 0 Å². The van der Waals surface area contributed by atoms with Crippen LogP contribution in [0.15, 0.2) is 18.5 Å². The second-order valence-corrected chi connectivity index (χ2v) is 5.66. The van der Waals surface area contributed by atoms with E-state index < -0.39 is 0 Å². The van der Waals surface area contributed by atoms with Crippen molar-refractivity contribution in [3.05, 3.63) is 30.0 Å². The molecule has 0 aromatic carbocycles. The predicted octanol–water partition coefficient (Wildman–Crippen LogP) is 1.96. The minimum absolute atomic E-state index is 0.583. The highest BCUT2D eigenvalue weighted by Crippen LogP contribution is 2.38. The van der Waals surface area contributed by atoms with E-state index in [0.717, 1.165) is 36.5 Å². The van der Waals surface area contributed by atoms with Crippen LogP contribution in [-0.2, 0) is 0 Å². The van der Waals surface area contributed by atoms with E-state index in [1.807, 2.05) is 6.20 Å². The van der Waals surface area contributed by atoms with Gasteiger partial charge in [-0.15, -0.1) is 0 Å². The van der Waals surface area contributed by atoms with Crippen LogP contribution in [0.4, 0.5) is 5.82 Å². The van der Waals surface area contributed by atoms with Crippen LogP contribution in [0.1, 0.15) is 43.1 Å². The van der Waals surface area contributed by atoms with Gasteiger partial charge in [-0.25, -0.2) is 9.97 Å². The van der Waals surface area contributed by atoms with E-state index in [1.54, 1.807) is 6.20 Å². The zero-order valence-electron chi connectivity index (χ0n) is 11.5. The van der Waals surface area contributed by atoms with E-state index in [9.17, 15) is 0 Å². The lowest BCUT2D eigenvalue weighted by Crippen LogP contribution is -2.20. The van der Waals surface area contributed by atoms with Crippen LogP contribution < -0.4 is 11.1 Å². The Morgan fingerprint density at radius 3 is 2.95 bits per heavy atom. The minimum atomic E-state index is 0.583. The summed E-state index contributed by atoms with van der Waals surface area (Å²) in [6.45, 7) is 1.91. The summed E-state index contributed by atoms with van der Waals surface area (Å²) in [5.41, 5.74) is 9.45. The lowest BCUT2D eigenvalue weighted by molar-refractivity contribution is 0.400. The Bertz CT molecular complexity index is 681. The zero-order valence-corrected chi connectivity index (χ0v) is 11.5. The Kier molecular flexibility index (Phi) is 2.73. The van der Waals surface area contributed by atoms with Crippen molar-refractivity contribution in [3.63, 3.8) is 0 Å². The fourth-order valence-electron chi connectivity index (χ4n) is 3.10. The number of nitrogens with one attached hydrogen (secondary N) is 1. The van der Waals surface area contributed by atoms with Crippen LogP contribution in [0.5, 0.6) is 0 Å². The van der Waals surface area contributed by atoms with Crippen LogP contribution in [0.2, 0.25) is 0 Å². The molecule has 20 heavy (non-hydrogen) atoms. The van der Waals surface area contributed by atoms with Crippen molar-refractivity contribution in [3.8, 4) is 0 Å². The summed E-state index contributed by atoms with van der Waals surface area (Å²) in [6.07, 6.45) is 10.8. The van der Waals surface area contributed by atoms with Crippen LogP contribution >= 0.6 is 0 Å². The molecular formula is C15H19N5. The number of imidazole rings is 1. The van der Waals surface area contributed by atoms with Gasteiger partial charge in [0.25, 0.3) is 0 Å². The molecule has 0 saturated heterocycles. The van der Waals surface area contributed by atoms with Crippen molar-refractivity contribution in [1.82, 2.24) is 19.7 Å². The summed E-state index contributed by atoms with van der Waals surface area (Å²) < 4.78 is 2.16. The fraction of sp³-hybridized carbons (Fsp3) is 0.467. The smallest absolute Gasteiger partial charge is 0.150 e. The zero-order chi connectivity index (χ0) is 13.5. The molecule has 1 aliphatic carbocycles. The summed E-state index contributed by atoms with van der Waals surface area (Å²) in [5, 5.41) is 3.34. The number of nitrogens with two attached hydrogens (primary N) is 1. The average molecular weight is 269 g/mol. The van der Waals surface area contributed by atoms with E-state index in [4.69, 9.17) is 10.7 Å². The molecule has 2 aromatic heterocycles. The lowest BCUT2D eigenvalue weighted by atomic mass is 9.85. The molecule has 2 aromatic rings. The van der Waals surface area contributed by atoms with E-state index in [0.29, 0.717) is 11.7 Å². The SMILES string of the molecule is Nc1nccn2c(C3CCC3)nc(C3=CCNCC3)c12. The Hall–Kier alpha value is -1.88. The van der Waals surface area contributed by atoms with Gasteiger partial charge >= 0.3 is 0 Å². The number of anilines is 1. The van der Waals surface area contributed by atoms with Crippen molar-refractivity contribution in [2.45, 2.75) is 31.6 Å². The normalized spacial score (nSPS) is 19.9. The second kappa shape index (κ2) is 4.59. The number of aromatic nitrogens is 3. The van der Waals surface area contributed by atoms with Gasteiger partial charge in [0.2, 0.25) is 0 Å². The molecule has 3 N–H and O–H groups in total. The minimum Gasteiger partial charge on any atom is -0.382 e. The predicted molar refractivity (Wildman–Crippen MR) is 79.5 cm³/mol. The molecule has 1 saturated carbocycles. The number of nitrogens with zero attached hydrogens (tertiary/aromatic N) is 3. The third kappa shape index (κ3) is 1.73. The number of hydrogen-bond acceptors (Lipinski definition) is 4. The van der Waals surface area contributed by atoms with Gasteiger partial charge in [-0.2, -0.15) is 0 Å². The first-order chi connectivity index (χ1) is 9.84.